The smallest absolute Gasteiger partial charge is 0.192 e. The molecule has 0 aliphatic carbocycles. The quantitative estimate of drug-likeness (QED) is 0.439. The van der Waals surface area contributed by atoms with Crippen LogP contribution in [-0.2, 0) is 6.54 Å². The number of hydrogen-bond donors (Lipinski definition) is 2. The third-order valence-electron chi connectivity index (χ3n) is 6.45. The van der Waals surface area contributed by atoms with Gasteiger partial charge in [0.25, 0.3) is 0 Å². The topological polar surface area (TPSA) is 63.5 Å². The number of hydrogen-bond acceptors (Lipinski definition) is 5. The summed E-state index contributed by atoms with van der Waals surface area (Å²) in [6.45, 7) is 1.73. The average molecular weight is 441 g/mol. The molecule has 2 unspecified atom stereocenters. The lowest BCUT2D eigenvalue weighted by Gasteiger charge is -2.34. The summed E-state index contributed by atoms with van der Waals surface area (Å²) < 4.78 is 11.1. The molecule has 168 valence electrons. The number of piperidine rings is 1. The first-order chi connectivity index (χ1) is 16.2. The van der Waals surface area contributed by atoms with E-state index in [0.29, 0.717) is 23.6 Å². The van der Waals surface area contributed by atoms with Gasteiger partial charge in [0.05, 0.1) is 18.8 Å². The Morgan fingerprint density at radius 3 is 2.70 bits per heavy atom. The van der Waals surface area contributed by atoms with Crippen LogP contribution < -0.4 is 20.8 Å². The first kappa shape index (κ1) is 21.4. The van der Waals surface area contributed by atoms with Gasteiger partial charge in [-0.15, -0.1) is 0 Å². The number of rotatable bonds is 6. The summed E-state index contributed by atoms with van der Waals surface area (Å²) in [6.07, 6.45) is 3.71. The van der Waals surface area contributed by atoms with Crippen LogP contribution in [0.3, 0.4) is 0 Å². The number of nitrogens with one attached hydrogen (secondary N) is 2. The zero-order valence-corrected chi connectivity index (χ0v) is 18.7. The van der Waals surface area contributed by atoms with Gasteiger partial charge in [-0.3, -0.25) is 4.79 Å². The second kappa shape index (κ2) is 9.61. The summed E-state index contributed by atoms with van der Waals surface area (Å²) in [6, 6.07) is 24.6. The normalized spacial score (nSPS) is 18.3. The van der Waals surface area contributed by atoms with Crippen molar-refractivity contribution in [1.29, 1.82) is 0 Å². The van der Waals surface area contributed by atoms with Crippen LogP contribution in [0.25, 0.3) is 22.1 Å². The maximum absolute atomic E-state index is 12.3. The van der Waals surface area contributed by atoms with Crippen molar-refractivity contribution in [1.82, 2.24) is 10.6 Å². The number of benzene rings is 3. The van der Waals surface area contributed by atoms with Crippen molar-refractivity contribution in [2.24, 2.45) is 0 Å². The van der Waals surface area contributed by atoms with E-state index in [9.17, 15) is 4.79 Å². The molecule has 0 spiro atoms. The van der Waals surface area contributed by atoms with E-state index in [0.717, 1.165) is 41.8 Å². The molecule has 1 aliphatic rings. The van der Waals surface area contributed by atoms with Crippen molar-refractivity contribution in [3.63, 3.8) is 0 Å². The van der Waals surface area contributed by atoms with Crippen LogP contribution in [0.5, 0.6) is 5.75 Å². The lowest BCUT2D eigenvalue weighted by molar-refractivity contribution is 0.303. The molecular formula is C28H28N2O3. The van der Waals surface area contributed by atoms with E-state index in [-0.39, 0.29) is 11.5 Å². The van der Waals surface area contributed by atoms with E-state index in [1.165, 1.54) is 17.9 Å². The molecule has 33 heavy (non-hydrogen) atoms. The molecule has 0 radical (unpaired) electrons. The molecule has 1 fully saturated rings. The van der Waals surface area contributed by atoms with E-state index < -0.39 is 0 Å². The third kappa shape index (κ3) is 4.56. The van der Waals surface area contributed by atoms with Crippen molar-refractivity contribution < 1.29 is 9.15 Å². The molecule has 1 aromatic heterocycles. The summed E-state index contributed by atoms with van der Waals surface area (Å²) >= 11 is 0. The summed E-state index contributed by atoms with van der Waals surface area (Å²) in [4.78, 5) is 12.3. The second-order valence-electron chi connectivity index (χ2n) is 8.49. The van der Waals surface area contributed by atoms with Crippen LogP contribution >= 0.6 is 0 Å². The van der Waals surface area contributed by atoms with Gasteiger partial charge in [-0.05, 0) is 60.3 Å². The molecule has 0 amide bonds. The maximum atomic E-state index is 12.3. The molecule has 4 aromatic rings. The van der Waals surface area contributed by atoms with Crippen molar-refractivity contribution in [2.75, 3.05) is 13.7 Å². The molecule has 0 bridgehead atoms. The minimum atomic E-state index is -0.0368. The largest absolute Gasteiger partial charge is 0.496 e. The number of ether oxygens (including phenoxy) is 1. The summed E-state index contributed by atoms with van der Waals surface area (Å²) in [5.74, 6) is 0.853. The fraction of sp³-hybridized carbons (Fsp3) is 0.250. The Morgan fingerprint density at radius 1 is 1.03 bits per heavy atom. The Balaban J connectivity index is 1.41. The zero-order valence-electron chi connectivity index (χ0n) is 18.7. The van der Waals surface area contributed by atoms with Crippen molar-refractivity contribution in [3.05, 3.63) is 100 Å². The van der Waals surface area contributed by atoms with E-state index >= 15 is 0 Å². The van der Waals surface area contributed by atoms with E-state index in [2.05, 4.69) is 47.0 Å². The summed E-state index contributed by atoms with van der Waals surface area (Å²) in [5.41, 5.74) is 4.98. The molecule has 1 aliphatic heterocycles. The Hall–Kier alpha value is -3.41. The predicted molar refractivity (Wildman–Crippen MR) is 132 cm³/mol. The van der Waals surface area contributed by atoms with Crippen LogP contribution in [0, 0.1) is 0 Å². The molecule has 5 rings (SSSR count). The first-order valence-electron chi connectivity index (χ1n) is 11.4. The van der Waals surface area contributed by atoms with Crippen LogP contribution in [0.4, 0.5) is 0 Å². The van der Waals surface area contributed by atoms with Gasteiger partial charge >= 0.3 is 0 Å². The van der Waals surface area contributed by atoms with Crippen LogP contribution in [0.2, 0.25) is 0 Å². The van der Waals surface area contributed by atoms with Crippen LogP contribution in [-0.4, -0.2) is 19.7 Å². The SMILES string of the molecule is COc1ccc(-c2ccc3occc(=O)c3c2)cc1CNC1CCCNC1c1ccccc1. The fourth-order valence-electron chi connectivity index (χ4n) is 4.72. The molecule has 5 heteroatoms. The molecule has 2 N–H and O–H groups in total. The predicted octanol–water partition coefficient (Wildman–Crippen LogP) is 5.05. The highest BCUT2D eigenvalue weighted by atomic mass is 16.5. The van der Waals surface area contributed by atoms with Gasteiger partial charge in [0.2, 0.25) is 0 Å². The molecule has 3 aromatic carbocycles. The standard InChI is InChI=1S/C28H28N2O3/c1-32-26-11-9-20(21-10-12-27-23(17-21)25(31)13-15-33-27)16-22(26)18-30-24-8-5-14-29-28(24)19-6-3-2-4-7-19/h2-4,6-7,9-13,15-17,24,28-30H,5,8,14,18H2,1H3. The molecule has 1 saturated heterocycles. The van der Waals surface area contributed by atoms with Gasteiger partial charge in [-0.1, -0.05) is 42.5 Å². The monoisotopic (exact) mass is 440 g/mol. The molecule has 5 nitrogen and oxygen atoms in total. The lowest BCUT2D eigenvalue weighted by Crippen LogP contribution is -2.45. The van der Waals surface area contributed by atoms with Crippen LogP contribution in [0.1, 0.15) is 30.0 Å². The van der Waals surface area contributed by atoms with Gasteiger partial charge in [-0.2, -0.15) is 0 Å². The van der Waals surface area contributed by atoms with Gasteiger partial charge in [0.15, 0.2) is 5.43 Å². The van der Waals surface area contributed by atoms with Gasteiger partial charge in [0.1, 0.15) is 11.3 Å². The van der Waals surface area contributed by atoms with E-state index in [1.807, 2.05) is 30.3 Å². The summed E-state index contributed by atoms with van der Waals surface area (Å²) in [5, 5.41) is 8.04. The molecule has 2 heterocycles. The van der Waals surface area contributed by atoms with Gasteiger partial charge in [0, 0.05) is 30.3 Å². The highest BCUT2D eigenvalue weighted by molar-refractivity contribution is 5.83. The highest BCUT2D eigenvalue weighted by Gasteiger charge is 2.25. The second-order valence-corrected chi connectivity index (χ2v) is 8.49. The molecule has 2 atom stereocenters. The first-order valence-corrected chi connectivity index (χ1v) is 11.4. The molecular weight excluding hydrogens is 412 g/mol. The highest BCUT2D eigenvalue weighted by Crippen LogP contribution is 2.29. The maximum Gasteiger partial charge on any atom is 0.192 e. The third-order valence-corrected chi connectivity index (χ3v) is 6.45. The fourth-order valence-corrected chi connectivity index (χ4v) is 4.72. The Bertz CT molecular complexity index is 1300. The molecule has 0 saturated carbocycles. The van der Waals surface area contributed by atoms with Crippen LogP contribution in [0.15, 0.2) is 88.3 Å². The van der Waals surface area contributed by atoms with E-state index in [1.54, 1.807) is 7.11 Å². The van der Waals surface area contributed by atoms with Crippen molar-refractivity contribution in [3.8, 4) is 16.9 Å². The number of methoxy groups -OCH3 is 1. The Labute approximate surface area is 193 Å². The van der Waals surface area contributed by atoms with Gasteiger partial charge in [-0.25, -0.2) is 0 Å². The lowest BCUT2D eigenvalue weighted by atomic mass is 9.92. The van der Waals surface area contributed by atoms with Gasteiger partial charge < -0.3 is 19.8 Å². The zero-order chi connectivity index (χ0) is 22.6. The summed E-state index contributed by atoms with van der Waals surface area (Å²) in [7, 11) is 1.70. The van der Waals surface area contributed by atoms with E-state index in [4.69, 9.17) is 9.15 Å². The Kier molecular flexibility index (Phi) is 6.24. The van der Waals surface area contributed by atoms with Crippen molar-refractivity contribution in [2.45, 2.75) is 31.5 Å². The average Bonchev–Trinajstić information content (AvgIpc) is 2.88. The van der Waals surface area contributed by atoms with Crippen molar-refractivity contribution >= 4 is 11.0 Å². The number of fused-ring (bicyclic) bond motifs is 1. The minimum Gasteiger partial charge on any atom is -0.496 e. The Morgan fingerprint density at radius 2 is 1.85 bits per heavy atom. The minimum absolute atomic E-state index is 0.0368.